The van der Waals surface area contributed by atoms with Crippen molar-refractivity contribution in [3.63, 3.8) is 0 Å². The van der Waals surface area contributed by atoms with Crippen LogP contribution >= 0.6 is 0 Å². The number of hydrogen-bond donors (Lipinski definition) is 3. The molecule has 2 aromatic rings. The van der Waals surface area contributed by atoms with Gasteiger partial charge in [0.05, 0.1) is 12.1 Å². The van der Waals surface area contributed by atoms with E-state index in [0.29, 0.717) is 5.56 Å². The topological polar surface area (TPSA) is 151 Å². The lowest BCUT2D eigenvalue weighted by Crippen LogP contribution is -2.65. The number of carbonyl (C=O) groups is 4. The highest BCUT2D eigenvalue weighted by atomic mass is 16.2. The van der Waals surface area contributed by atoms with Crippen LogP contribution in [0.25, 0.3) is 0 Å². The van der Waals surface area contributed by atoms with Gasteiger partial charge in [0.2, 0.25) is 11.8 Å². The molecule has 4 N–H and O–H groups in total. The standard InChI is InChI=1S/C26H33N7O4/c27-23(34)21(14-18-6-4-10-28-15-18)31-24(35)22-17-32(25(36)19-7-5-11-29-16-19)12-13-33(22)26(37)30-20-8-2-1-3-9-20/h4-7,10-11,15-16,20-22H,1-3,8-9,12-14,17H2,(H2,27,34)(H,30,37)(H,31,35). The molecule has 1 saturated heterocycles. The Balaban J connectivity index is 1.51. The average molecular weight is 508 g/mol. The molecule has 196 valence electrons. The summed E-state index contributed by atoms with van der Waals surface area (Å²) in [6, 6.07) is 4.57. The van der Waals surface area contributed by atoms with E-state index in [1.54, 1.807) is 42.9 Å². The lowest BCUT2D eigenvalue weighted by molar-refractivity contribution is -0.131. The molecule has 0 spiro atoms. The molecule has 0 bridgehead atoms. The summed E-state index contributed by atoms with van der Waals surface area (Å²) in [6.07, 6.45) is 11.5. The number of hydrogen-bond acceptors (Lipinski definition) is 6. The maximum absolute atomic E-state index is 13.5. The van der Waals surface area contributed by atoms with Crippen LogP contribution in [0, 0.1) is 0 Å². The quantitative estimate of drug-likeness (QED) is 0.506. The van der Waals surface area contributed by atoms with Crippen molar-refractivity contribution >= 4 is 23.8 Å². The molecular formula is C26H33N7O4. The second-order valence-corrected chi connectivity index (χ2v) is 9.52. The van der Waals surface area contributed by atoms with Gasteiger partial charge in [0.25, 0.3) is 5.91 Å². The highest BCUT2D eigenvalue weighted by Gasteiger charge is 2.39. The van der Waals surface area contributed by atoms with Crippen molar-refractivity contribution in [3.05, 3.63) is 60.2 Å². The van der Waals surface area contributed by atoms with E-state index in [0.717, 1.165) is 37.7 Å². The number of amides is 5. The van der Waals surface area contributed by atoms with E-state index in [1.165, 1.54) is 16.0 Å². The molecule has 3 heterocycles. The molecule has 2 unspecified atom stereocenters. The number of primary amides is 1. The van der Waals surface area contributed by atoms with Gasteiger partial charge in [-0.3, -0.25) is 24.4 Å². The molecule has 2 fully saturated rings. The van der Waals surface area contributed by atoms with Gasteiger partial charge >= 0.3 is 6.03 Å². The maximum Gasteiger partial charge on any atom is 0.318 e. The lowest BCUT2D eigenvalue weighted by Gasteiger charge is -2.41. The highest BCUT2D eigenvalue weighted by molar-refractivity contribution is 5.96. The van der Waals surface area contributed by atoms with Crippen molar-refractivity contribution < 1.29 is 19.2 Å². The third kappa shape index (κ3) is 6.81. The van der Waals surface area contributed by atoms with Crippen LogP contribution in [0.3, 0.4) is 0 Å². The van der Waals surface area contributed by atoms with Crippen molar-refractivity contribution in [2.24, 2.45) is 5.73 Å². The predicted octanol–water partition coefficient (Wildman–Crippen LogP) is 0.858. The minimum Gasteiger partial charge on any atom is -0.368 e. The number of carbonyl (C=O) groups excluding carboxylic acids is 4. The number of nitrogens with one attached hydrogen (secondary N) is 2. The summed E-state index contributed by atoms with van der Waals surface area (Å²) in [7, 11) is 0. The minimum atomic E-state index is -0.996. The van der Waals surface area contributed by atoms with Crippen LogP contribution in [-0.2, 0) is 16.0 Å². The Morgan fingerprint density at radius 1 is 1.00 bits per heavy atom. The molecule has 2 aliphatic rings. The second-order valence-electron chi connectivity index (χ2n) is 9.52. The van der Waals surface area contributed by atoms with Crippen LogP contribution in [0.2, 0.25) is 0 Å². The fourth-order valence-electron chi connectivity index (χ4n) is 4.86. The molecule has 1 aliphatic carbocycles. The summed E-state index contributed by atoms with van der Waals surface area (Å²) in [5.74, 6) is -1.52. The third-order valence-corrected chi connectivity index (χ3v) is 6.89. The van der Waals surface area contributed by atoms with Crippen molar-refractivity contribution in [2.75, 3.05) is 19.6 Å². The van der Waals surface area contributed by atoms with Gasteiger partial charge in [-0.05, 0) is 36.6 Å². The molecule has 1 aliphatic heterocycles. The monoisotopic (exact) mass is 507 g/mol. The van der Waals surface area contributed by atoms with Crippen LogP contribution in [0.1, 0.15) is 48.0 Å². The van der Waals surface area contributed by atoms with E-state index in [2.05, 4.69) is 20.6 Å². The Morgan fingerprint density at radius 3 is 2.38 bits per heavy atom. The molecule has 37 heavy (non-hydrogen) atoms. The van der Waals surface area contributed by atoms with Gasteiger partial charge in [-0.1, -0.05) is 25.3 Å². The van der Waals surface area contributed by atoms with Gasteiger partial charge in [-0.25, -0.2) is 4.79 Å². The summed E-state index contributed by atoms with van der Waals surface area (Å²) in [5, 5.41) is 5.77. The SMILES string of the molecule is NC(=O)C(Cc1cccnc1)NC(=O)C1CN(C(=O)c2cccnc2)CCN1C(=O)NC1CCCCC1. The summed E-state index contributed by atoms with van der Waals surface area (Å²) < 4.78 is 0. The second kappa shape index (κ2) is 12.3. The van der Waals surface area contributed by atoms with Gasteiger partial charge in [0, 0.05) is 50.3 Å². The minimum absolute atomic E-state index is 0.0178. The molecule has 0 radical (unpaired) electrons. The molecule has 11 nitrogen and oxygen atoms in total. The Morgan fingerprint density at radius 2 is 1.73 bits per heavy atom. The third-order valence-electron chi connectivity index (χ3n) is 6.89. The summed E-state index contributed by atoms with van der Waals surface area (Å²) >= 11 is 0. The fourth-order valence-corrected chi connectivity index (χ4v) is 4.86. The van der Waals surface area contributed by atoms with Gasteiger partial charge in [0.1, 0.15) is 12.1 Å². The molecule has 11 heteroatoms. The van der Waals surface area contributed by atoms with Gasteiger partial charge in [0.15, 0.2) is 0 Å². The van der Waals surface area contributed by atoms with E-state index in [4.69, 9.17) is 5.73 Å². The number of pyridine rings is 2. The number of nitrogens with zero attached hydrogens (tertiary/aromatic N) is 4. The average Bonchev–Trinajstić information content (AvgIpc) is 2.93. The number of nitrogens with two attached hydrogens (primary N) is 1. The first-order chi connectivity index (χ1) is 17.9. The van der Waals surface area contributed by atoms with Crippen LogP contribution in [0.5, 0.6) is 0 Å². The lowest BCUT2D eigenvalue weighted by atomic mass is 9.95. The van der Waals surface area contributed by atoms with Crippen LogP contribution < -0.4 is 16.4 Å². The van der Waals surface area contributed by atoms with Crippen molar-refractivity contribution in [1.29, 1.82) is 0 Å². The van der Waals surface area contributed by atoms with Gasteiger partial charge in [-0.15, -0.1) is 0 Å². The Labute approximate surface area is 215 Å². The normalized spacial score (nSPS) is 19.1. The number of aromatic nitrogens is 2. The van der Waals surface area contributed by atoms with Crippen LogP contribution in [-0.4, -0.2) is 81.3 Å². The van der Waals surface area contributed by atoms with Gasteiger partial charge < -0.3 is 26.2 Å². The van der Waals surface area contributed by atoms with Gasteiger partial charge in [-0.2, -0.15) is 0 Å². The van der Waals surface area contributed by atoms with Crippen molar-refractivity contribution in [1.82, 2.24) is 30.4 Å². The molecule has 2 aromatic heterocycles. The maximum atomic E-state index is 13.5. The summed E-state index contributed by atoms with van der Waals surface area (Å²) in [4.78, 5) is 63.1. The molecule has 1 saturated carbocycles. The molecule has 2 atom stereocenters. The number of urea groups is 1. The first-order valence-electron chi connectivity index (χ1n) is 12.7. The zero-order valence-electron chi connectivity index (χ0n) is 20.7. The molecule has 5 amide bonds. The van der Waals surface area contributed by atoms with E-state index >= 15 is 0 Å². The van der Waals surface area contributed by atoms with Crippen molar-refractivity contribution in [3.8, 4) is 0 Å². The summed E-state index contributed by atoms with van der Waals surface area (Å²) in [6.45, 7) is 0.424. The molecule has 0 aromatic carbocycles. The van der Waals surface area contributed by atoms with E-state index in [-0.39, 0.29) is 44.0 Å². The molecule has 4 rings (SSSR count). The predicted molar refractivity (Wildman–Crippen MR) is 135 cm³/mol. The Bertz CT molecular complexity index is 1090. The van der Waals surface area contributed by atoms with Crippen molar-refractivity contribution in [2.45, 2.75) is 56.7 Å². The van der Waals surface area contributed by atoms with E-state index in [9.17, 15) is 19.2 Å². The fraction of sp³-hybridized carbons (Fsp3) is 0.462. The Hall–Kier alpha value is -4.02. The summed E-state index contributed by atoms with van der Waals surface area (Å²) in [5.41, 5.74) is 6.72. The highest BCUT2D eigenvalue weighted by Crippen LogP contribution is 2.19. The number of piperazine rings is 1. The zero-order chi connectivity index (χ0) is 26.2. The smallest absolute Gasteiger partial charge is 0.318 e. The zero-order valence-corrected chi connectivity index (χ0v) is 20.7. The van der Waals surface area contributed by atoms with Crippen LogP contribution in [0.4, 0.5) is 4.79 Å². The van der Waals surface area contributed by atoms with E-state index in [1.807, 2.05) is 0 Å². The van der Waals surface area contributed by atoms with E-state index < -0.39 is 23.9 Å². The molecular weight excluding hydrogens is 474 g/mol. The number of rotatable bonds is 7. The van der Waals surface area contributed by atoms with Crippen LogP contribution in [0.15, 0.2) is 49.1 Å². The Kier molecular flexibility index (Phi) is 8.65. The first-order valence-corrected chi connectivity index (χ1v) is 12.7. The first kappa shape index (κ1) is 26.1. The largest absolute Gasteiger partial charge is 0.368 e.